The van der Waals surface area contributed by atoms with Crippen LogP contribution in [-0.2, 0) is 0 Å². The summed E-state index contributed by atoms with van der Waals surface area (Å²) in [6.07, 6.45) is 0. The molecule has 0 amide bonds. The number of hydrogen-bond acceptors (Lipinski definition) is 3. The van der Waals surface area contributed by atoms with Crippen molar-refractivity contribution in [1.29, 1.82) is 0 Å². The van der Waals surface area contributed by atoms with Crippen LogP contribution in [0, 0.1) is 0 Å². The minimum absolute atomic E-state index is 0.530. The van der Waals surface area contributed by atoms with Crippen LogP contribution in [0.4, 0.5) is 5.95 Å². The number of H-pyrrole nitrogens is 1. The van der Waals surface area contributed by atoms with E-state index in [-0.39, 0.29) is 0 Å². The molecule has 2 N–H and O–H groups in total. The van der Waals surface area contributed by atoms with Crippen LogP contribution in [-0.4, -0.2) is 35.6 Å². The lowest BCUT2D eigenvalue weighted by atomic mass is 10.2. The fourth-order valence-corrected chi connectivity index (χ4v) is 2.21. The van der Waals surface area contributed by atoms with Gasteiger partial charge in [0, 0.05) is 25.7 Å². The van der Waals surface area contributed by atoms with Crippen molar-refractivity contribution in [1.82, 2.24) is 15.3 Å². The van der Waals surface area contributed by atoms with E-state index in [0.29, 0.717) is 6.04 Å². The zero-order valence-corrected chi connectivity index (χ0v) is 9.40. The van der Waals surface area contributed by atoms with Gasteiger partial charge in [0.2, 0.25) is 5.95 Å². The number of hydrogen-bond donors (Lipinski definition) is 2. The SMILES string of the molecule is CC1CN(c2nc3ccccc3[nH]2)CCN1. The van der Waals surface area contributed by atoms with Gasteiger partial charge in [-0.05, 0) is 19.1 Å². The Morgan fingerprint density at radius 1 is 1.38 bits per heavy atom. The molecule has 2 aromatic rings. The number of aromatic amines is 1. The van der Waals surface area contributed by atoms with Gasteiger partial charge >= 0.3 is 0 Å². The maximum Gasteiger partial charge on any atom is 0.203 e. The van der Waals surface area contributed by atoms with Crippen molar-refractivity contribution in [2.24, 2.45) is 0 Å². The van der Waals surface area contributed by atoms with Crippen LogP contribution in [0.5, 0.6) is 0 Å². The quantitative estimate of drug-likeness (QED) is 0.756. The molecule has 1 aliphatic heterocycles. The molecule has 4 heteroatoms. The van der Waals surface area contributed by atoms with E-state index in [0.717, 1.165) is 36.6 Å². The molecule has 4 nitrogen and oxygen atoms in total. The number of nitrogens with one attached hydrogen (secondary N) is 2. The van der Waals surface area contributed by atoms with E-state index in [1.54, 1.807) is 0 Å². The molecule has 16 heavy (non-hydrogen) atoms. The van der Waals surface area contributed by atoms with Gasteiger partial charge in [0.1, 0.15) is 0 Å². The van der Waals surface area contributed by atoms with E-state index in [4.69, 9.17) is 0 Å². The average molecular weight is 216 g/mol. The largest absolute Gasteiger partial charge is 0.340 e. The minimum atomic E-state index is 0.530. The molecule has 84 valence electrons. The Morgan fingerprint density at radius 3 is 3.06 bits per heavy atom. The van der Waals surface area contributed by atoms with Gasteiger partial charge in [0.25, 0.3) is 0 Å². The van der Waals surface area contributed by atoms with E-state index in [2.05, 4.69) is 33.2 Å². The summed E-state index contributed by atoms with van der Waals surface area (Å²) in [5.41, 5.74) is 2.16. The summed E-state index contributed by atoms with van der Waals surface area (Å²) in [5.74, 6) is 0.995. The van der Waals surface area contributed by atoms with Gasteiger partial charge in [-0.25, -0.2) is 4.98 Å². The summed E-state index contributed by atoms with van der Waals surface area (Å²) < 4.78 is 0. The minimum Gasteiger partial charge on any atom is -0.340 e. The molecule has 2 heterocycles. The number of imidazole rings is 1. The molecular formula is C12H16N4. The Hall–Kier alpha value is -1.55. The summed E-state index contributed by atoms with van der Waals surface area (Å²) in [6, 6.07) is 8.69. The molecule has 1 fully saturated rings. The Balaban J connectivity index is 1.93. The number of anilines is 1. The molecule has 0 radical (unpaired) electrons. The molecule has 1 atom stereocenters. The third-order valence-corrected chi connectivity index (χ3v) is 3.05. The van der Waals surface area contributed by atoms with Gasteiger partial charge in [-0.2, -0.15) is 0 Å². The Bertz CT molecular complexity index is 457. The highest BCUT2D eigenvalue weighted by Gasteiger charge is 2.18. The van der Waals surface area contributed by atoms with Gasteiger partial charge < -0.3 is 15.2 Å². The second-order valence-electron chi connectivity index (χ2n) is 4.38. The molecule has 1 saturated heterocycles. The summed E-state index contributed by atoms with van der Waals surface area (Å²) in [6.45, 7) is 5.26. The predicted molar refractivity (Wildman–Crippen MR) is 65.8 cm³/mol. The molecule has 0 spiro atoms. The van der Waals surface area contributed by atoms with Crippen molar-refractivity contribution in [2.75, 3.05) is 24.5 Å². The van der Waals surface area contributed by atoms with Crippen LogP contribution in [0.1, 0.15) is 6.92 Å². The van der Waals surface area contributed by atoms with Gasteiger partial charge in [0.15, 0.2) is 0 Å². The second kappa shape index (κ2) is 3.79. The molecular weight excluding hydrogens is 200 g/mol. The van der Waals surface area contributed by atoms with E-state index >= 15 is 0 Å². The molecule has 1 aliphatic rings. The highest BCUT2D eigenvalue weighted by atomic mass is 15.3. The van der Waals surface area contributed by atoms with Crippen molar-refractivity contribution >= 4 is 17.0 Å². The van der Waals surface area contributed by atoms with Gasteiger partial charge in [-0.1, -0.05) is 12.1 Å². The number of piperazine rings is 1. The second-order valence-corrected chi connectivity index (χ2v) is 4.38. The van der Waals surface area contributed by atoms with E-state index in [9.17, 15) is 0 Å². The monoisotopic (exact) mass is 216 g/mol. The van der Waals surface area contributed by atoms with Gasteiger partial charge in [-0.15, -0.1) is 0 Å². The lowest BCUT2D eigenvalue weighted by molar-refractivity contribution is 0.480. The first kappa shape index (κ1) is 9.66. The molecule has 3 rings (SSSR count). The molecule has 1 aromatic heterocycles. The van der Waals surface area contributed by atoms with Crippen molar-refractivity contribution in [3.63, 3.8) is 0 Å². The van der Waals surface area contributed by atoms with Crippen LogP contribution in [0.2, 0.25) is 0 Å². The first-order valence-corrected chi connectivity index (χ1v) is 5.76. The number of aromatic nitrogens is 2. The van der Waals surface area contributed by atoms with Crippen molar-refractivity contribution < 1.29 is 0 Å². The smallest absolute Gasteiger partial charge is 0.203 e. The number of para-hydroxylation sites is 2. The van der Waals surface area contributed by atoms with Gasteiger partial charge in [-0.3, -0.25) is 0 Å². The molecule has 0 bridgehead atoms. The molecule has 1 aromatic carbocycles. The lowest BCUT2D eigenvalue weighted by Crippen LogP contribution is -2.49. The Labute approximate surface area is 94.7 Å². The van der Waals surface area contributed by atoms with Crippen molar-refractivity contribution in [3.8, 4) is 0 Å². The fraction of sp³-hybridized carbons (Fsp3) is 0.417. The molecule has 1 unspecified atom stereocenters. The van der Waals surface area contributed by atoms with Crippen LogP contribution < -0.4 is 10.2 Å². The summed E-state index contributed by atoms with van der Waals surface area (Å²) in [7, 11) is 0. The van der Waals surface area contributed by atoms with Crippen LogP contribution >= 0.6 is 0 Å². The summed E-state index contributed by atoms with van der Waals surface area (Å²) >= 11 is 0. The standard InChI is InChI=1S/C12H16N4/c1-9-8-16(7-6-13-9)12-14-10-4-2-3-5-11(10)15-12/h2-5,9,13H,6-8H2,1H3,(H,14,15). The van der Waals surface area contributed by atoms with Gasteiger partial charge in [0.05, 0.1) is 11.0 Å². The first-order chi connectivity index (χ1) is 7.83. The maximum atomic E-state index is 4.61. The zero-order valence-electron chi connectivity index (χ0n) is 9.40. The van der Waals surface area contributed by atoms with Crippen molar-refractivity contribution in [2.45, 2.75) is 13.0 Å². The summed E-state index contributed by atoms with van der Waals surface area (Å²) in [5, 5.41) is 3.43. The molecule has 0 saturated carbocycles. The van der Waals surface area contributed by atoms with Crippen LogP contribution in [0.15, 0.2) is 24.3 Å². The lowest BCUT2D eigenvalue weighted by Gasteiger charge is -2.31. The third-order valence-electron chi connectivity index (χ3n) is 3.05. The molecule has 0 aliphatic carbocycles. The number of nitrogens with zero attached hydrogens (tertiary/aromatic N) is 2. The number of fused-ring (bicyclic) bond motifs is 1. The van der Waals surface area contributed by atoms with E-state index < -0.39 is 0 Å². The summed E-state index contributed by atoms with van der Waals surface area (Å²) in [4.78, 5) is 10.3. The Kier molecular flexibility index (Phi) is 2.29. The highest BCUT2D eigenvalue weighted by Crippen LogP contribution is 2.17. The Morgan fingerprint density at radius 2 is 2.25 bits per heavy atom. The van der Waals surface area contributed by atoms with Crippen LogP contribution in [0.3, 0.4) is 0 Å². The van der Waals surface area contributed by atoms with Crippen LogP contribution in [0.25, 0.3) is 11.0 Å². The highest BCUT2D eigenvalue weighted by molar-refractivity contribution is 5.77. The average Bonchev–Trinajstić information content (AvgIpc) is 2.72. The first-order valence-electron chi connectivity index (χ1n) is 5.76. The third kappa shape index (κ3) is 1.65. The van der Waals surface area contributed by atoms with E-state index in [1.807, 2.05) is 18.2 Å². The normalized spacial score (nSPS) is 21.6. The fourth-order valence-electron chi connectivity index (χ4n) is 2.21. The maximum absolute atomic E-state index is 4.61. The zero-order chi connectivity index (χ0) is 11.0. The topological polar surface area (TPSA) is 44.0 Å². The van der Waals surface area contributed by atoms with E-state index in [1.165, 1.54) is 0 Å². The number of rotatable bonds is 1. The number of benzene rings is 1. The van der Waals surface area contributed by atoms with Crippen molar-refractivity contribution in [3.05, 3.63) is 24.3 Å². The predicted octanol–water partition coefficient (Wildman–Crippen LogP) is 1.36.